The van der Waals surface area contributed by atoms with E-state index >= 15 is 0 Å². The molecule has 0 aromatic heterocycles. The summed E-state index contributed by atoms with van der Waals surface area (Å²) in [6.07, 6.45) is 0.631. The largest absolute Gasteiger partial charge is 0.341 e. The molecular formula is C20H28N2O4S. The summed E-state index contributed by atoms with van der Waals surface area (Å²) in [5.41, 5.74) is 2.21. The summed E-state index contributed by atoms with van der Waals surface area (Å²) in [4.78, 5) is 28.7. The first-order valence-corrected chi connectivity index (χ1v) is 11.1. The Labute approximate surface area is 161 Å². The van der Waals surface area contributed by atoms with E-state index in [1.807, 2.05) is 31.2 Å². The fourth-order valence-electron chi connectivity index (χ4n) is 3.66. The second kappa shape index (κ2) is 7.26. The molecule has 148 valence electrons. The van der Waals surface area contributed by atoms with Crippen LogP contribution in [0.4, 0.5) is 0 Å². The van der Waals surface area contributed by atoms with E-state index in [0.717, 1.165) is 5.56 Å². The van der Waals surface area contributed by atoms with Crippen molar-refractivity contribution in [3.8, 4) is 0 Å². The van der Waals surface area contributed by atoms with Gasteiger partial charge in [-0.05, 0) is 32.8 Å². The van der Waals surface area contributed by atoms with Gasteiger partial charge in [0, 0.05) is 32.6 Å². The van der Waals surface area contributed by atoms with Crippen molar-refractivity contribution in [2.24, 2.45) is 5.92 Å². The molecule has 0 N–H and O–H groups in total. The van der Waals surface area contributed by atoms with E-state index in [9.17, 15) is 18.0 Å². The molecular weight excluding hydrogens is 364 g/mol. The van der Waals surface area contributed by atoms with E-state index in [0.29, 0.717) is 26.1 Å². The summed E-state index contributed by atoms with van der Waals surface area (Å²) >= 11 is 0. The standard InChI is InChI=1S/C20H28N2O4S/c1-15-4-6-16(7-5-15)13-22-14-17(12-18(22)23)19(24)21-9-8-20(2,3)27(25,26)11-10-21/h4-7,17H,8-14H2,1-3H3. The predicted octanol–water partition coefficient (Wildman–Crippen LogP) is 1.77. The van der Waals surface area contributed by atoms with Gasteiger partial charge in [0.2, 0.25) is 11.8 Å². The average Bonchev–Trinajstić information content (AvgIpc) is 2.91. The first-order chi connectivity index (χ1) is 12.6. The van der Waals surface area contributed by atoms with Gasteiger partial charge >= 0.3 is 0 Å². The van der Waals surface area contributed by atoms with Crippen LogP contribution < -0.4 is 0 Å². The monoisotopic (exact) mass is 392 g/mol. The number of likely N-dealkylation sites (tertiary alicyclic amines) is 1. The third-order valence-corrected chi connectivity index (χ3v) is 8.43. The van der Waals surface area contributed by atoms with Gasteiger partial charge in [-0.1, -0.05) is 29.8 Å². The molecule has 1 aromatic carbocycles. The fourth-order valence-corrected chi connectivity index (χ4v) is 5.08. The van der Waals surface area contributed by atoms with Crippen molar-refractivity contribution in [1.29, 1.82) is 0 Å². The van der Waals surface area contributed by atoms with Crippen molar-refractivity contribution in [3.63, 3.8) is 0 Å². The second-order valence-corrected chi connectivity index (χ2v) is 11.1. The van der Waals surface area contributed by atoms with Crippen molar-refractivity contribution in [2.45, 2.75) is 44.9 Å². The molecule has 6 nitrogen and oxygen atoms in total. The average molecular weight is 393 g/mol. The van der Waals surface area contributed by atoms with Crippen LogP contribution in [0.25, 0.3) is 0 Å². The Balaban J connectivity index is 1.64. The van der Waals surface area contributed by atoms with E-state index in [1.54, 1.807) is 23.6 Å². The Morgan fingerprint density at radius 1 is 1.19 bits per heavy atom. The highest BCUT2D eigenvalue weighted by Crippen LogP contribution is 2.28. The van der Waals surface area contributed by atoms with Gasteiger partial charge in [0.05, 0.1) is 16.4 Å². The van der Waals surface area contributed by atoms with E-state index < -0.39 is 14.6 Å². The lowest BCUT2D eigenvalue weighted by Crippen LogP contribution is -2.39. The topological polar surface area (TPSA) is 74.8 Å². The van der Waals surface area contributed by atoms with Crippen LogP contribution in [0.15, 0.2) is 24.3 Å². The Bertz CT molecular complexity index is 830. The van der Waals surface area contributed by atoms with Gasteiger partial charge in [-0.2, -0.15) is 0 Å². The molecule has 0 aliphatic carbocycles. The van der Waals surface area contributed by atoms with Crippen molar-refractivity contribution in [1.82, 2.24) is 9.80 Å². The molecule has 2 fully saturated rings. The molecule has 0 radical (unpaired) electrons. The number of carbonyl (C=O) groups excluding carboxylic acids is 2. The number of aryl methyl sites for hydroxylation is 1. The van der Waals surface area contributed by atoms with Crippen LogP contribution in [0, 0.1) is 12.8 Å². The summed E-state index contributed by atoms with van der Waals surface area (Å²) in [5.74, 6) is -0.509. The smallest absolute Gasteiger partial charge is 0.228 e. The summed E-state index contributed by atoms with van der Waals surface area (Å²) in [5, 5.41) is 0. The van der Waals surface area contributed by atoms with Crippen LogP contribution in [-0.2, 0) is 26.0 Å². The van der Waals surface area contributed by atoms with Gasteiger partial charge in [-0.25, -0.2) is 8.42 Å². The third kappa shape index (κ3) is 4.18. The van der Waals surface area contributed by atoms with Crippen molar-refractivity contribution < 1.29 is 18.0 Å². The molecule has 1 unspecified atom stereocenters. The number of benzene rings is 1. The normalized spacial score (nSPS) is 24.7. The second-order valence-electron chi connectivity index (χ2n) is 8.31. The van der Waals surface area contributed by atoms with E-state index in [2.05, 4.69) is 0 Å². The van der Waals surface area contributed by atoms with Crippen LogP contribution in [0.2, 0.25) is 0 Å². The van der Waals surface area contributed by atoms with Crippen LogP contribution in [-0.4, -0.2) is 60.2 Å². The predicted molar refractivity (Wildman–Crippen MR) is 104 cm³/mol. The van der Waals surface area contributed by atoms with Gasteiger partial charge in [-0.3, -0.25) is 9.59 Å². The number of hydrogen-bond donors (Lipinski definition) is 0. The molecule has 2 amide bonds. The Morgan fingerprint density at radius 2 is 1.85 bits per heavy atom. The number of amides is 2. The molecule has 0 saturated carbocycles. The lowest BCUT2D eigenvalue weighted by molar-refractivity contribution is -0.135. The Hall–Kier alpha value is -1.89. The molecule has 2 aliphatic rings. The van der Waals surface area contributed by atoms with Gasteiger partial charge < -0.3 is 9.80 Å². The van der Waals surface area contributed by atoms with E-state index in [4.69, 9.17) is 0 Å². The maximum atomic E-state index is 12.9. The first kappa shape index (κ1) is 19.9. The van der Waals surface area contributed by atoms with Crippen LogP contribution in [0.5, 0.6) is 0 Å². The lowest BCUT2D eigenvalue weighted by atomic mass is 10.1. The summed E-state index contributed by atoms with van der Waals surface area (Å²) in [7, 11) is -3.22. The molecule has 1 atom stereocenters. The van der Waals surface area contributed by atoms with Crippen molar-refractivity contribution >= 4 is 21.7 Å². The molecule has 1 aromatic rings. The summed E-state index contributed by atoms with van der Waals surface area (Å²) in [6.45, 7) is 7.00. The number of rotatable bonds is 3. The quantitative estimate of drug-likeness (QED) is 0.786. The minimum Gasteiger partial charge on any atom is -0.341 e. The zero-order chi connectivity index (χ0) is 19.8. The highest BCUT2D eigenvalue weighted by atomic mass is 32.2. The number of hydrogen-bond acceptors (Lipinski definition) is 4. The highest BCUT2D eigenvalue weighted by Gasteiger charge is 2.41. The molecule has 27 heavy (non-hydrogen) atoms. The molecule has 7 heteroatoms. The van der Waals surface area contributed by atoms with Gasteiger partial charge in [0.25, 0.3) is 0 Å². The highest BCUT2D eigenvalue weighted by molar-refractivity contribution is 7.92. The molecule has 2 heterocycles. The van der Waals surface area contributed by atoms with Gasteiger partial charge in [-0.15, -0.1) is 0 Å². The zero-order valence-corrected chi connectivity index (χ0v) is 17.1. The molecule has 2 aliphatic heterocycles. The minimum atomic E-state index is -3.22. The lowest BCUT2D eigenvalue weighted by Gasteiger charge is -2.24. The SMILES string of the molecule is Cc1ccc(CN2CC(C(=O)N3CCC(C)(C)S(=O)(=O)CC3)CC2=O)cc1. The van der Waals surface area contributed by atoms with Gasteiger partial charge in [0.1, 0.15) is 0 Å². The maximum Gasteiger partial charge on any atom is 0.228 e. The number of nitrogens with zero attached hydrogens (tertiary/aromatic N) is 2. The molecule has 3 rings (SSSR count). The Kier molecular flexibility index (Phi) is 5.34. The van der Waals surface area contributed by atoms with Gasteiger partial charge in [0.15, 0.2) is 9.84 Å². The Morgan fingerprint density at radius 3 is 2.52 bits per heavy atom. The minimum absolute atomic E-state index is 0.0144. The summed E-state index contributed by atoms with van der Waals surface area (Å²) in [6, 6.07) is 8.02. The van der Waals surface area contributed by atoms with Crippen molar-refractivity contribution in [2.75, 3.05) is 25.4 Å². The van der Waals surface area contributed by atoms with Crippen molar-refractivity contribution in [3.05, 3.63) is 35.4 Å². The van der Waals surface area contributed by atoms with Crippen LogP contribution in [0.3, 0.4) is 0 Å². The molecule has 2 saturated heterocycles. The van der Waals surface area contributed by atoms with Crippen LogP contribution >= 0.6 is 0 Å². The zero-order valence-electron chi connectivity index (χ0n) is 16.3. The van der Waals surface area contributed by atoms with E-state index in [1.165, 1.54) is 5.56 Å². The van der Waals surface area contributed by atoms with E-state index in [-0.39, 0.29) is 36.5 Å². The van der Waals surface area contributed by atoms with Crippen LogP contribution in [0.1, 0.15) is 37.8 Å². The number of carbonyl (C=O) groups is 2. The molecule has 0 spiro atoms. The third-order valence-electron chi connectivity index (χ3n) is 5.83. The maximum absolute atomic E-state index is 12.9. The molecule has 0 bridgehead atoms. The number of sulfone groups is 1. The fraction of sp³-hybridized carbons (Fsp3) is 0.600. The summed E-state index contributed by atoms with van der Waals surface area (Å²) < 4.78 is 23.9. The first-order valence-electron chi connectivity index (χ1n) is 9.43.